The molecule has 4 heterocycles. The molecule has 0 saturated heterocycles. The molecule has 0 amide bonds. The summed E-state index contributed by atoms with van der Waals surface area (Å²) in [6, 6.07) is 22.5. The summed E-state index contributed by atoms with van der Waals surface area (Å²) in [7, 11) is 3.29. The third-order valence-electron chi connectivity index (χ3n) is 6.58. The number of thiophene rings is 1. The van der Waals surface area contributed by atoms with Crippen molar-refractivity contribution in [2.45, 2.75) is 5.92 Å². The Morgan fingerprint density at radius 3 is 2.64 bits per heavy atom. The summed E-state index contributed by atoms with van der Waals surface area (Å²) < 4.78 is 19.3. The molecule has 7 rings (SSSR count). The SMILES string of the molecule is COc1ccc([C@@H]2c3c(ccc4ccccc34)Oc3ncn4nc(-c5cccs5)nc4c32)cc1OC. The Labute approximate surface area is 210 Å². The second kappa shape index (κ2) is 8.07. The molecular formula is C28H20N4O3S. The lowest BCUT2D eigenvalue weighted by Gasteiger charge is -2.29. The monoisotopic (exact) mass is 492 g/mol. The van der Waals surface area contributed by atoms with Crippen LogP contribution in [0.4, 0.5) is 0 Å². The number of hydrogen-bond acceptors (Lipinski definition) is 7. The number of benzene rings is 3. The van der Waals surface area contributed by atoms with Gasteiger partial charge in [0.2, 0.25) is 5.88 Å². The third-order valence-corrected chi connectivity index (χ3v) is 7.45. The molecule has 0 spiro atoms. The van der Waals surface area contributed by atoms with E-state index in [4.69, 9.17) is 24.3 Å². The van der Waals surface area contributed by atoms with E-state index in [1.807, 2.05) is 41.8 Å². The number of aromatic nitrogens is 4. The van der Waals surface area contributed by atoms with E-state index in [0.717, 1.165) is 38.1 Å². The number of nitrogens with zero attached hydrogens (tertiary/aromatic N) is 4. The van der Waals surface area contributed by atoms with Gasteiger partial charge in [0.25, 0.3) is 0 Å². The average Bonchev–Trinajstić information content (AvgIpc) is 3.61. The fourth-order valence-corrected chi connectivity index (χ4v) is 5.63. The molecule has 0 saturated carbocycles. The molecule has 0 unspecified atom stereocenters. The maximum Gasteiger partial charge on any atom is 0.228 e. The molecular weight excluding hydrogens is 472 g/mol. The Bertz CT molecular complexity index is 1760. The molecule has 36 heavy (non-hydrogen) atoms. The van der Waals surface area contributed by atoms with Crippen LogP contribution in [0.25, 0.3) is 27.1 Å². The van der Waals surface area contributed by atoms with Crippen LogP contribution in [0.15, 0.2) is 78.4 Å². The van der Waals surface area contributed by atoms with Crippen LogP contribution in [-0.2, 0) is 0 Å². The number of ether oxygens (including phenoxy) is 3. The molecule has 1 aliphatic heterocycles. The van der Waals surface area contributed by atoms with E-state index in [-0.39, 0.29) is 5.92 Å². The third kappa shape index (κ3) is 3.08. The van der Waals surface area contributed by atoms with E-state index in [1.165, 1.54) is 0 Å². The summed E-state index contributed by atoms with van der Waals surface area (Å²) in [6.45, 7) is 0. The van der Waals surface area contributed by atoms with Crippen LogP contribution in [-0.4, -0.2) is 33.8 Å². The van der Waals surface area contributed by atoms with Crippen molar-refractivity contribution in [2.75, 3.05) is 14.2 Å². The molecule has 8 heteroatoms. The summed E-state index contributed by atoms with van der Waals surface area (Å²) in [5.41, 5.74) is 3.65. The molecule has 1 aliphatic rings. The van der Waals surface area contributed by atoms with Gasteiger partial charge in [0.1, 0.15) is 12.1 Å². The van der Waals surface area contributed by atoms with Crippen LogP contribution in [0.2, 0.25) is 0 Å². The Hall–Kier alpha value is -4.43. The Balaban J connectivity index is 1.55. The van der Waals surface area contributed by atoms with Gasteiger partial charge < -0.3 is 14.2 Å². The van der Waals surface area contributed by atoms with Crippen LogP contribution < -0.4 is 14.2 Å². The number of methoxy groups -OCH3 is 2. The zero-order chi connectivity index (χ0) is 24.2. The van der Waals surface area contributed by atoms with E-state index >= 15 is 0 Å². The summed E-state index contributed by atoms with van der Waals surface area (Å²) in [6.07, 6.45) is 1.66. The molecule has 3 aromatic carbocycles. The minimum absolute atomic E-state index is 0.216. The lowest BCUT2D eigenvalue weighted by molar-refractivity contribution is 0.354. The fraction of sp³-hybridized carbons (Fsp3) is 0.107. The Kier molecular flexibility index (Phi) is 4.68. The lowest BCUT2D eigenvalue weighted by atomic mass is 9.81. The van der Waals surface area contributed by atoms with Crippen molar-refractivity contribution in [1.29, 1.82) is 0 Å². The maximum absolute atomic E-state index is 6.40. The zero-order valence-corrected chi connectivity index (χ0v) is 20.3. The Morgan fingerprint density at radius 1 is 0.917 bits per heavy atom. The van der Waals surface area contributed by atoms with E-state index in [1.54, 1.807) is 36.4 Å². The molecule has 7 nitrogen and oxygen atoms in total. The molecule has 0 bridgehead atoms. The first-order valence-electron chi connectivity index (χ1n) is 11.5. The van der Waals surface area contributed by atoms with Crippen molar-refractivity contribution in [3.05, 3.63) is 95.1 Å². The standard InChI is InChI=1S/C28H20N4O3S/c1-33-19-11-10-17(14-21(19)34-2)23-24-18-7-4-3-6-16(18)9-12-20(24)35-28-25(23)27-30-26(22-8-5-13-36-22)31-32(27)15-29-28/h3-15,23H,1-2H3/t23-/m1/s1. The molecule has 0 radical (unpaired) electrons. The summed E-state index contributed by atoms with van der Waals surface area (Å²) in [5, 5.41) is 8.99. The minimum atomic E-state index is -0.216. The van der Waals surface area contributed by atoms with Crippen molar-refractivity contribution in [3.8, 4) is 33.8 Å². The van der Waals surface area contributed by atoms with Crippen molar-refractivity contribution >= 4 is 27.8 Å². The van der Waals surface area contributed by atoms with Gasteiger partial charge >= 0.3 is 0 Å². The van der Waals surface area contributed by atoms with Crippen molar-refractivity contribution in [2.24, 2.45) is 0 Å². The predicted octanol–water partition coefficient (Wildman–Crippen LogP) is 6.31. The average molecular weight is 493 g/mol. The summed E-state index contributed by atoms with van der Waals surface area (Å²) in [5.74, 6) is 3.07. The fourth-order valence-electron chi connectivity index (χ4n) is 4.98. The van der Waals surface area contributed by atoms with Crippen LogP contribution in [0.3, 0.4) is 0 Å². The normalized spacial score (nSPS) is 14.3. The smallest absolute Gasteiger partial charge is 0.228 e. The molecule has 0 fully saturated rings. The molecule has 176 valence electrons. The van der Waals surface area contributed by atoms with Gasteiger partial charge in [-0.05, 0) is 46.0 Å². The van der Waals surface area contributed by atoms with Gasteiger partial charge in [0.15, 0.2) is 23.0 Å². The number of rotatable bonds is 4. The second-order valence-electron chi connectivity index (χ2n) is 8.49. The maximum atomic E-state index is 6.40. The molecule has 1 atom stereocenters. The van der Waals surface area contributed by atoms with E-state index in [0.29, 0.717) is 28.9 Å². The van der Waals surface area contributed by atoms with Gasteiger partial charge in [-0.15, -0.1) is 16.4 Å². The van der Waals surface area contributed by atoms with Gasteiger partial charge in [-0.2, -0.15) is 0 Å². The van der Waals surface area contributed by atoms with Gasteiger partial charge in [0.05, 0.1) is 24.7 Å². The first-order valence-corrected chi connectivity index (χ1v) is 12.3. The van der Waals surface area contributed by atoms with E-state index in [9.17, 15) is 0 Å². The molecule has 0 aliphatic carbocycles. The van der Waals surface area contributed by atoms with Gasteiger partial charge in [0, 0.05) is 11.5 Å². The first kappa shape index (κ1) is 20.9. The van der Waals surface area contributed by atoms with Gasteiger partial charge in [-0.25, -0.2) is 14.5 Å². The summed E-state index contributed by atoms with van der Waals surface area (Å²) in [4.78, 5) is 10.6. The van der Waals surface area contributed by atoms with Crippen molar-refractivity contribution in [1.82, 2.24) is 19.6 Å². The van der Waals surface area contributed by atoms with E-state index < -0.39 is 0 Å². The summed E-state index contributed by atoms with van der Waals surface area (Å²) >= 11 is 1.60. The van der Waals surface area contributed by atoms with Crippen LogP contribution >= 0.6 is 11.3 Å². The van der Waals surface area contributed by atoms with Crippen LogP contribution in [0.5, 0.6) is 23.1 Å². The molecule has 3 aromatic heterocycles. The second-order valence-corrected chi connectivity index (χ2v) is 9.44. The first-order chi connectivity index (χ1) is 17.7. The highest BCUT2D eigenvalue weighted by molar-refractivity contribution is 7.13. The highest BCUT2D eigenvalue weighted by Gasteiger charge is 2.35. The van der Waals surface area contributed by atoms with Gasteiger partial charge in [-0.3, -0.25) is 0 Å². The van der Waals surface area contributed by atoms with Crippen LogP contribution in [0, 0.1) is 0 Å². The van der Waals surface area contributed by atoms with Crippen LogP contribution in [0.1, 0.15) is 22.6 Å². The number of fused-ring (bicyclic) bond motifs is 6. The quantitative estimate of drug-likeness (QED) is 0.287. The van der Waals surface area contributed by atoms with Crippen molar-refractivity contribution in [3.63, 3.8) is 0 Å². The topological polar surface area (TPSA) is 70.8 Å². The van der Waals surface area contributed by atoms with Crippen molar-refractivity contribution < 1.29 is 14.2 Å². The predicted molar refractivity (Wildman–Crippen MR) is 139 cm³/mol. The van der Waals surface area contributed by atoms with E-state index in [2.05, 4.69) is 35.3 Å². The largest absolute Gasteiger partial charge is 0.493 e. The minimum Gasteiger partial charge on any atom is -0.493 e. The van der Waals surface area contributed by atoms with Gasteiger partial charge in [-0.1, -0.05) is 42.5 Å². The zero-order valence-electron chi connectivity index (χ0n) is 19.5. The number of hydrogen-bond donors (Lipinski definition) is 0. The highest BCUT2D eigenvalue weighted by atomic mass is 32.1. The molecule has 6 aromatic rings. The lowest BCUT2D eigenvalue weighted by Crippen LogP contribution is -2.15. The highest BCUT2D eigenvalue weighted by Crippen LogP contribution is 2.51. The molecule has 0 N–H and O–H groups in total. The Morgan fingerprint density at radius 2 is 1.81 bits per heavy atom.